The van der Waals surface area contributed by atoms with Crippen molar-refractivity contribution in [3.63, 3.8) is 0 Å². The number of hydrogen-bond donors (Lipinski definition) is 0. The molecule has 22 heavy (non-hydrogen) atoms. The van der Waals surface area contributed by atoms with Crippen molar-refractivity contribution in [3.8, 4) is 17.3 Å². The number of halogens is 2. The van der Waals surface area contributed by atoms with Gasteiger partial charge in [-0.2, -0.15) is 5.26 Å². The molecule has 0 saturated carbocycles. The Morgan fingerprint density at radius 1 is 1.41 bits per heavy atom. The number of nitro benzene ring substituents is 1. The van der Waals surface area contributed by atoms with E-state index in [1.54, 1.807) is 6.07 Å². The second-order valence-electron chi connectivity index (χ2n) is 4.79. The number of rotatable bonds is 3. The fraction of sp³-hybridized carbons (Fsp3) is 0.214. The first kappa shape index (κ1) is 15.8. The first-order valence-corrected chi connectivity index (χ1v) is 6.63. The summed E-state index contributed by atoms with van der Waals surface area (Å²) in [6.45, 7) is 3.71. The van der Waals surface area contributed by atoms with Crippen LogP contribution in [0.4, 0.5) is 10.1 Å². The van der Waals surface area contributed by atoms with Gasteiger partial charge in [0.05, 0.1) is 21.3 Å². The van der Waals surface area contributed by atoms with Crippen LogP contribution in [-0.4, -0.2) is 14.9 Å². The van der Waals surface area contributed by atoms with Crippen molar-refractivity contribution in [1.29, 1.82) is 5.26 Å². The van der Waals surface area contributed by atoms with Gasteiger partial charge in [-0.15, -0.1) is 0 Å². The second kappa shape index (κ2) is 6.03. The molecule has 0 aliphatic carbocycles. The Bertz CT molecular complexity index is 802. The lowest BCUT2D eigenvalue weighted by atomic mass is 10.0. The topological polar surface area (TPSA) is 92.7 Å². The van der Waals surface area contributed by atoms with Gasteiger partial charge < -0.3 is 0 Å². The molecule has 112 valence electrons. The van der Waals surface area contributed by atoms with Crippen molar-refractivity contribution in [3.05, 3.63) is 50.7 Å². The summed E-state index contributed by atoms with van der Waals surface area (Å²) in [6, 6.07) is 3.36. The van der Waals surface area contributed by atoms with E-state index in [1.807, 2.05) is 13.8 Å². The zero-order valence-electron chi connectivity index (χ0n) is 11.7. The summed E-state index contributed by atoms with van der Waals surface area (Å²) in [5.74, 6) is -0.830. The predicted octanol–water partition coefficient (Wildman–Crippen LogP) is 3.84. The molecule has 0 aliphatic heterocycles. The second-order valence-corrected chi connectivity index (χ2v) is 5.17. The van der Waals surface area contributed by atoms with Crippen molar-refractivity contribution in [2.45, 2.75) is 19.8 Å². The van der Waals surface area contributed by atoms with Gasteiger partial charge in [0, 0.05) is 11.6 Å². The molecule has 1 aromatic heterocycles. The van der Waals surface area contributed by atoms with Crippen LogP contribution in [0.15, 0.2) is 18.5 Å². The highest BCUT2D eigenvalue weighted by Crippen LogP contribution is 2.35. The molecule has 0 amide bonds. The Morgan fingerprint density at radius 2 is 2.09 bits per heavy atom. The average molecular weight is 321 g/mol. The molecule has 0 unspecified atom stereocenters. The number of benzene rings is 1. The predicted molar refractivity (Wildman–Crippen MR) is 77.9 cm³/mol. The smallest absolute Gasteiger partial charge is 0.258 e. The van der Waals surface area contributed by atoms with Crippen LogP contribution in [0.3, 0.4) is 0 Å². The minimum atomic E-state index is -0.808. The summed E-state index contributed by atoms with van der Waals surface area (Å²) in [6.07, 6.45) is 1.22. The van der Waals surface area contributed by atoms with E-state index in [2.05, 4.69) is 9.97 Å². The quantitative estimate of drug-likeness (QED) is 0.632. The summed E-state index contributed by atoms with van der Waals surface area (Å²) in [4.78, 5) is 18.2. The van der Waals surface area contributed by atoms with Gasteiger partial charge in [-0.05, 0) is 12.0 Å². The summed E-state index contributed by atoms with van der Waals surface area (Å²) in [5, 5.41) is 20.0. The third-order valence-electron chi connectivity index (χ3n) is 3.02. The van der Waals surface area contributed by atoms with Gasteiger partial charge in [0.1, 0.15) is 23.8 Å². The summed E-state index contributed by atoms with van der Waals surface area (Å²) >= 11 is 6.19. The molecule has 0 bridgehead atoms. The average Bonchev–Trinajstić information content (AvgIpc) is 2.46. The molecule has 0 N–H and O–H groups in total. The molecule has 0 saturated heterocycles. The van der Waals surface area contributed by atoms with Gasteiger partial charge in [0.25, 0.3) is 5.69 Å². The molecule has 8 heteroatoms. The van der Waals surface area contributed by atoms with E-state index in [0.717, 1.165) is 12.1 Å². The van der Waals surface area contributed by atoms with E-state index in [-0.39, 0.29) is 27.8 Å². The molecule has 2 rings (SSSR count). The van der Waals surface area contributed by atoms with E-state index in [4.69, 9.17) is 16.9 Å². The van der Waals surface area contributed by atoms with Crippen LogP contribution in [0.1, 0.15) is 31.0 Å². The van der Waals surface area contributed by atoms with Crippen molar-refractivity contribution in [1.82, 2.24) is 9.97 Å². The molecule has 0 fully saturated rings. The van der Waals surface area contributed by atoms with Gasteiger partial charge >= 0.3 is 0 Å². The molecule has 1 aromatic carbocycles. The maximum absolute atomic E-state index is 14.2. The lowest BCUT2D eigenvalue weighted by molar-refractivity contribution is -0.385. The zero-order valence-corrected chi connectivity index (χ0v) is 12.4. The zero-order chi connectivity index (χ0) is 16.4. The van der Waals surface area contributed by atoms with Crippen molar-refractivity contribution >= 4 is 17.3 Å². The number of nitriles is 1. The van der Waals surface area contributed by atoms with Gasteiger partial charge in [-0.1, -0.05) is 25.4 Å². The van der Waals surface area contributed by atoms with E-state index in [9.17, 15) is 14.5 Å². The van der Waals surface area contributed by atoms with E-state index in [0.29, 0.717) is 5.69 Å². The highest BCUT2D eigenvalue weighted by atomic mass is 35.5. The van der Waals surface area contributed by atoms with Crippen molar-refractivity contribution < 1.29 is 9.31 Å². The fourth-order valence-corrected chi connectivity index (χ4v) is 2.38. The fourth-order valence-electron chi connectivity index (χ4n) is 1.96. The van der Waals surface area contributed by atoms with Crippen LogP contribution >= 0.6 is 11.6 Å². The monoisotopic (exact) mass is 320 g/mol. The van der Waals surface area contributed by atoms with Crippen molar-refractivity contribution in [2.24, 2.45) is 0 Å². The maximum Gasteiger partial charge on any atom is 0.287 e. The Balaban J connectivity index is 2.74. The normalized spacial score (nSPS) is 10.5. The Labute approximate surface area is 130 Å². The molecule has 0 aliphatic rings. The highest BCUT2D eigenvalue weighted by Gasteiger charge is 2.22. The maximum atomic E-state index is 14.2. The van der Waals surface area contributed by atoms with Crippen LogP contribution in [0.25, 0.3) is 11.3 Å². The molecular weight excluding hydrogens is 311 g/mol. The van der Waals surface area contributed by atoms with Crippen LogP contribution in [0.2, 0.25) is 5.02 Å². The number of hydrogen-bond acceptors (Lipinski definition) is 5. The Kier molecular flexibility index (Phi) is 4.33. The minimum Gasteiger partial charge on any atom is -0.258 e. The van der Waals surface area contributed by atoms with Gasteiger partial charge in [0.15, 0.2) is 0 Å². The van der Waals surface area contributed by atoms with Crippen LogP contribution in [0.5, 0.6) is 0 Å². The van der Waals surface area contributed by atoms with Gasteiger partial charge in [0.2, 0.25) is 0 Å². The lowest BCUT2D eigenvalue weighted by Gasteiger charge is -2.11. The van der Waals surface area contributed by atoms with Crippen LogP contribution < -0.4 is 0 Å². The highest BCUT2D eigenvalue weighted by molar-refractivity contribution is 6.33. The molecule has 1 heterocycles. The summed E-state index contributed by atoms with van der Waals surface area (Å²) in [7, 11) is 0. The molecule has 0 atom stereocenters. The lowest BCUT2D eigenvalue weighted by Crippen LogP contribution is -2.01. The Morgan fingerprint density at radius 3 is 2.64 bits per heavy atom. The Hall–Kier alpha value is -2.59. The first-order valence-electron chi connectivity index (χ1n) is 6.25. The molecule has 2 aromatic rings. The van der Waals surface area contributed by atoms with Crippen molar-refractivity contribution in [2.75, 3.05) is 0 Å². The molecule has 0 radical (unpaired) electrons. The molecule has 0 spiro atoms. The SMILES string of the molecule is CC(C)c1ncnc(-c2cc([N+](=O)[O-])c(C#N)cc2F)c1Cl. The number of nitrogens with zero attached hydrogens (tertiary/aromatic N) is 4. The van der Waals surface area contributed by atoms with Crippen LogP contribution in [-0.2, 0) is 0 Å². The third kappa shape index (κ3) is 2.73. The van der Waals surface area contributed by atoms with Gasteiger partial charge in [-0.3, -0.25) is 10.1 Å². The molecule has 6 nitrogen and oxygen atoms in total. The summed E-state index contributed by atoms with van der Waals surface area (Å²) in [5.41, 5.74) is -0.427. The largest absolute Gasteiger partial charge is 0.287 e. The van der Waals surface area contributed by atoms with Crippen LogP contribution in [0, 0.1) is 27.3 Å². The number of nitro groups is 1. The van der Waals surface area contributed by atoms with E-state index < -0.39 is 16.4 Å². The minimum absolute atomic E-state index is 0.0225. The van der Waals surface area contributed by atoms with E-state index >= 15 is 0 Å². The summed E-state index contributed by atoms with van der Waals surface area (Å²) < 4.78 is 14.2. The van der Waals surface area contributed by atoms with Gasteiger partial charge in [-0.25, -0.2) is 14.4 Å². The molecular formula is C14H10ClFN4O2. The third-order valence-corrected chi connectivity index (χ3v) is 3.39. The van der Waals surface area contributed by atoms with E-state index in [1.165, 1.54) is 6.33 Å². The number of aromatic nitrogens is 2. The first-order chi connectivity index (χ1) is 10.4. The standard InChI is InChI=1S/C14H10ClFN4O2/c1-7(2)13-12(15)14(19-6-18-13)9-4-11(20(21)22)8(5-17)3-10(9)16/h3-4,6-7H,1-2H3.